The summed E-state index contributed by atoms with van der Waals surface area (Å²) in [7, 11) is 4.15. The van der Waals surface area contributed by atoms with Crippen molar-refractivity contribution in [2.45, 2.75) is 0 Å². The molecular formula is C58H41N5. The van der Waals surface area contributed by atoms with Gasteiger partial charge in [-0.1, -0.05) is 140 Å². The van der Waals surface area contributed by atoms with Gasteiger partial charge in [-0.25, -0.2) is 9.97 Å². The summed E-state index contributed by atoms with van der Waals surface area (Å²) in [5, 5.41) is 7.03. The monoisotopic (exact) mass is 807 g/mol. The van der Waals surface area contributed by atoms with Crippen LogP contribution in [0.15, 0.2) is 176 Å². The quantitative estimate of drug-likeness (QED) is 0.182. The summed E-state index contributed by atoms with van der Waals surface area (Å²) in [5.41, 5.74) is 17.1. The highest BCUT2D eigenvalue weighted by Gasteiger charge is 2.21. The number of rotatable bonds is 5. The largest absolute Gasteiger partial charge is 0.378 e. The number of nitrogens with zero attached hydrogens (tertiary/aromatic N) is 3. The average Bonchev–Trinajstić information content (AvgIpc) is 4.18. The molecule has 12 rings (SSSR count). The van der Waals surface area contributed by atoms with E-state index in [2.05, 4.69) is 229 Å². The zero-order valence-electron chi connectivity index (χ0n) is 34.9. The molecule has 8 bridgehead atoms. The number of H-pyrrole nitrogens is 2. The first-order valence-corrected chi connectivity index (χ1v) is 21.4. The van der Waals surface area contributed by atoms with Crippen LogP contribution in [0.1, 0.15) is 22.8 Å². The second kappa shape index (κ2) is 14.7. The number of fused-ring (bicyclic) bond motifs is 11. The Morgan fingerprint density at radius 1 is 0.333 bits per heavy atom. The van der Waals surface area contributed by atoms with Gasteiger partial charge in [-0.2, -0.15) is 0 Å². The molecule has 0 radical (unpaired) electrons. The van der Waals surface area contributed by atoms with Crippen molar-refractivity contribution in [3.05, 3.63) is 199 Å². The van der Waals surface area contributed by atoms with Crippen LogP contribution >= 0.6 is 0 Å². The standard InChI is InChI=1S/C58H41N5/c1-63(2)40-26-24-39(25-27-40)55-47-28-30-49(59-47)56(44-21-9-15-36-12-3-6-18-41(36)44)51-32-34-53(61-51)58(46-23-11-17-38-14-5-8-20-43(38)46)54-35-33-52(62-54)57(50-31-29-48(55)60-50)45-22-10-16-37-13-4-7-19-42(37)45/h3-35,59,62H,1-2H3. The second-order valence-electron chi connectivity index (χ2n) is 16.5. The first-order chi connectivity index (χ1) is 31.1. The van der Waals surface area contributed by atoms with E-state index in [0.717, 1.165) is 95.0 Å². The predicted octanol–water partition coefficient (Wildman–Crippen LogP) is 14.8. The Balaban J connectivity index is 1.28. The van der Waals surface area contributed by atoms with Crippen LogP contribution in [0.3, 0.4) is 0 Å². The molecule has 0 aliphatic carbocycles. The van der Waals surface area contributed by atoms with E-state index in [-0.39, 0.29) is 0 Å². The van der Waals surface area contributed by atoms with Gasteiger partial charge in [0.1, 0.15) is 0 Å². The maximum Gasteiger partial charge on any atom is 0.0737 e. The van der Waals surface area contributed by atoms with Crippen LogP contribution in [0.4, 0.5) is 5.69 Å². The van der Waals surface area contributed by atoms with Gasteiger partial charge in [-0.3, -0.25) is 0 Å². The Bertz CT molecular complexity index is 3620. The van der Waals surface area contributed by atoms with Gasteiger partial charge in [0, 0.05) is 64.1 Å². The highest BCUT2D eigenvalue weighted by Crippen LogP contribution is 2.42. The topological polar surface area (TPSA) is 60.6 Å². The van der Waals surface area contributed by atoms with Gasteiger partial charge in [0.15, 0.2) is 0 Å². The smallest absolute Gasteiger partial charge is 0.0737 e. The van der Waals surface area contributed by atoms with Crippen molar-refractivity contribution < 1.29 is 0 Å². The molecule has 3 aromatic heterocycles. The van der Waals surface area contributed by atoms with Crippen molar-refractivity contribution in [3.63, 3.8) is 0 Å². The lowest BCUT2D eigenvalue weighted by Crippen LogP contribution is -2.07. The zero-order chi connectivity index (χ0) is 42.0. The van der Waals surface area contributed by atoms with Crippen LogP contribution in [0.5, 0.6) is 0 Å². The molecule has 10 aromatic rings. The van der Waals surface area contributed by atoms with Gasteiger partial charge < -0.3 is 14.9 Å². The molecule has 0 saturated heterocycles. The highest BCUT2D eigenvalue weighted by molar-refractivity contribution is 6.09. The molecule has 63 heavy (non-hydrogen) atoms. The minimum Gasteiger partial charge on any atom is -0.378 e. The third-order valence-corrected chi connectivity index (χ3v) is 12.6. The van der Waals surface area contributed by atoms with Crippen LogP contribution < -0.4 is 4.90 Å². The predicted molar refractivity (Wildman–Crippen MR) is 267 cm³/mol. The van der Waals surface area contributed by atoms with E-state index in [4.69, 9.17) is 9.97 Å². The van der Waals surface area contributed by atoms with Crippen LogP contribution in [0.2, 0.25) is 0 Å². The van der Waals surface area contributed by atoms with Gasteiger partial charge in [0.05, 0.1) is 22.8 Å². The molecule has 0 unspecified atom stereocenters. The molecule has 0 fully saturated rings. The fraction of sp³-hybridized carbons (Fsp3) is 0.0345. The summed E-state index contributed by atoms with van der Waals surface area (Å²) in [5.74, 6) is 0. The molecule has 2 aliphatic heterocycles. The summed E-state index contributed by atoms with van der Waals surface area (Å²) >= 11 is 0. The van der Waals surface area contributed by atoms with Crippen LogP contribution in [-0.2, 0) is 0 Å². The number of hydrogen-bond donors (Lipinski definition) is 2. The second-order valence-corrected chi connectivity index (χ2v) is 16.5. The number of anilines is 1. The zero-order valence-corrected chi connectivity index (χ0v) is 34.9. The first kappa shape index (κ1) is 36.6. The Morgan fingerprint density at radius 3 is 1.05 bits per heavy atom. The minimum absolute atomic E-state index is 0.885. The summed E-state index contributed by atoms with van der Waals surface area (Å²) in [6.07, 6.45) is 8.72. The molecule has 5 heterocycles. The number of nitrogens with one attached hydrogen (secondary N) is 2. The van der Waals surface area contributed by atoms with E-state index in [1.54, 1.807) is 0 Å². The first-order valence-electron chi connectivity index (χ1n) is 21.4. The summed E-state index contributed by atoms with van der Waals surface area (Å²) in [6, 6.07) is 63.1. The van der Waals surface area contributed by atoms with E-state index in [1.807, 2.05) is 0 Å². The number of aromatic nitrogens is 4. The van der Waals surface area contributed by atoms with Crippen molar-refractivity contribution >= 4 is 84.4 Å². The van der Waals surface area contributed by atoms with Crippen molar-refractivity contribution in [2.24, 2.45) is 0 Å². The SMILES string of the molecule is CN(C)c1ccc(-c2c3nc(c(-c4cccc5ccccc45)c4ccc([nH]4)c(-c4cccc5ccccc45)c4nc(c(-c5cccc6ccccc56)c5ccc2[nH]5)C=C4)C=C3)cc1. The fourth-order valence-electron chi connectivity index (χ4n) is 9.62. The van der Waals surface area contributed by atoms with Gasteiger partial charge in [0.25, 0.3) is 0 Å². The maximum atomic E-state index is 5.62. The lowest BCUT2D eigenvalue weighted by Gasteiger charge is -2.13. The maximum absolute atomic E-state index is 5.62. The Morgan fingerprint density at radius 2 is 0.667 bits per heavy atom. The molecule has 5 nitrogen and oxygen atoms in total. The van der Waals surface area contributed by atoms with E-state index in [1.165, 1.54) is 32.3 Å². The van der Waals surface area contributed by atoms with Crippen molar-refractivity contribution in [3.8, 4) is 44.5 Å². The summed E-state index contributed by atoms with van der Waals surface area (Å²) in [4.78, 5) is 21.2. The summed E-state index contributed by atoms with van der Waals surface area (Å²) < 4.78 is 0. The van der Waals surface area contributed by atoms with Crippen molar-refractivity contribution in [2.75, 3.05) is 19.0 Å². The molecule has 0 amide bonds. The van der Waals surface area contributed by atoms with Gasteiger partial charge in [-0.15, -0.1) is 0 Å². The van der Waals surface area contributed by atoms with E-state index >= 15 is 0 Å². The van der Waals surface area contributed by atoms with Gasteiger partial charge in [0.2, 0.25) is 0 Å². The molecule has 2 N–H and O–H groups in total. The summed E-state index contributed by atoms with van der Waals surface area (Å²) in [6.45, 7) is 0. The molecule has 298 valence electrons. The normalized spacial score (nSPS) is 12.2. The number of benzene rings is 7. The fourth-order valence-corrected chi connectivity index (χ4v) is 9.62. The molecular weight excluding hydrogens is 767 g/mol. The number of hydrogen-bond acceptors (Lipinski definition) is 3. The van der Waals surface area contributed by atoms with Crippen LogP contribution in [0.25, 0.3) is 123 Å². The van der Waals surface area contributed by atoms with Gasteiger partial charge in [-0.05, 0) is 115 Å². The third-order valence-electron chi connectivity index (χ3n) is 12.6. The minimum atomic E-state index is 0.885. The number of aromatic amines is 2. The Labute approximate surface area is 365 Å². The lowest BCUT2D eigenvalue weighted by molar-refractivity contribution is 1.13. The molecule has 0 saturated carbocycles. The highest BCUT2D eigenvalue weighted by atomic mass is 15.1. The molecule has 0 atom stereocenters. The van der Waals surface area contributed by atoms with Crippen molar-refractivity contribution in [1.82, 2.24) is 19.9 Å². The third kappa shape index (κ3) is 6.16. The lowest BCUT2D eigenvalue weighted by atomic mass is 9.97. The average molecular weight is 808 g/mol. The van der Waals surface area contributed by atoms with Crippen LogP contribution in [-0.4, -0.2) is 34.0 Å². The Kier molecular flexibility index (Phi) is 8.54. The van der Waals surface area contributed by atoms with Gasteiger partial charge >= 0.3 is 0 Å². The van der Waals surface area contributed by atoms with E-state index in [9.17, 15) is 0 Å². The molecule has 7 aromatic carbocycles. The Hall–Kier alpha value is -8.28. The molecule has 5 heteroatoms. The van der Waals surface area contributed by atoms with E-state index in [0.29, 0.717) is 0 Å². The molecule has 0 spiro atoms. The van der Waals surface area contributed by atoms with E-state index < -0.39 is 0 Å². The van der Waals surface area contributed by atoms with Crippen molar-refractivity contribution in [1.29, 1.82) is 0 Å². The van der Waals surface area contributed by atoms with Crippen LogP contribution in [0, 0.1) is 0 Å². The molecule has 2 aliphatic rings.